The second-order valence-electron chi connectivity index (χ2n) is 14.3. The van der Waals surface area contributed by atoms with Crippen LogP contribution in [0.15, 0.2) is 77.4 Å². The van der Waals surface area contributed by atoms with Crippen LogP contribution in [-0.4, -0.2) is 126 Å². The zero-order chi connectivity index (χ0) is 69.7. The summed E-state index contributed by atoms with van der Waals surface area (Å²) in [6.07, 6.45) is 18.6. The van der Waals surface area contributed by atoms with Gasteiger partial charge < -0.3 is 101 Å². The number of hydrogen-bond donors (Lipinski definition) is 9. The summed E-state index contributed by atoms with van der Waals surface area (Å²) in [7, 11) is 7.50. The van der Waals surface area contributed by atoms with Crippen LogP contribution in [0.4, 0.5) is 0 Å². The van der Waals surface area contributed by atoms with E-state index in [2.05, 4.69) is 179 Å². The third kappa shape index (κ3) is 255. The number of nitrogens with two attached hydrogens (primary N) is 5. The number of piperidine rings is 1. The Balaban J connectivity index is -0.0000000231. The van der Waals surface area contributed by atoms with Gasteiger partial charge in [0.1, 0.15) is 61.1 Å². The molecule has 0 aliphatic carbocycles. The molecule has 21 nitrogen and oxygen atoms in total. The van der Waals surface area contributed by atoms with E-state index in [1.54, 1.807) is 6.92 Å². The number of carbonyl (C=O) groups is 10. The van der Waals surface area contributed by atoms with E-state index in [0.29, 0.717) is 0 Å². The smallest absolute Gasteiger partial charge is 0.219 e. The van der Waals surface area contributed by atoms with Crippen molar-refractivity contribution in [1.29, 1.82) is 0 Å². The lowest BCUT2D eigenvalue weighted by molar-refractivity contribution is -0.129. The number of likely N-dealkylation sites (tertiary alicyclic amines) is 1. The van der Waals surface area contributed by atoms with E-state index in [9.17, 15) is 4.79 Å². The molecule has 520 valence electrons. The van der Waals surface area contributed by atoms with Gasteiger partial charge in [0.25, 0.3) is 0 Å². The van der Waals surface area contributed by atoms with Gasteiger partial charge in [-0.2, -0.15) is 0 Å². The Morgan fingerprint density at radius 3 is 0.729 bits per heavy atom. The molecular weight excluding hydrogens is 1080 g/mol. The fourth-order valence-electron chi connectivity index (χ4n) is 3.25. The Kier molecular flexibility index (Phi) is 412. The quantitative estimate of drug-likeness (QED) is 0.124. The van der Waals surface area contributed by atoms with Crippen molar-refractivity contribution in [2.24, 2.45) is 51.4 Å². The first kappa shape index (κ1) is 153. The largest absolute Gasteiger partial charge is 0.344 e. The number of aryl methyl sites for hydroxylation is 2. The molecule has 2 aromatic carbocycles. The predicted molar refractivity (Wildman–Crippen MR) is 381 cm³/mol. The first-order valence-electron chi connectivity index (χ1n) is 27.3. The molecule has 0 atom stereocenters. The van der Waals surface area contributed by atoms with Gasteiger partial charge in [0.05, 0.1) is 0 Å². The Bertz CT molecular complexity index is 1110. The van der Waals surface area contributed by atoms with Gasteiger partial charge in [0.15, 0.2) is 0 Å². The van der Waals surface area contributed by atoms with Gasteiger partial charge in [-0.25, -0.2) is 0 Å². The molecule has 2 aliphatic heterocycles. The van der Waals surface area contributed by atoms with E-state index in [1.807, 2.05) is 104 Å². The highest BCUT2D eigenvalue weighted by molar-refractivity contribution is 5.73. The SMILES string of the molecule is C=O.C=O.C=O.C=O.C=O.C=O.C=O.C=O.C=O.CC.CC(=O)N1CCCCC1.CCC(C)C.CCC(C)C.CCC(C)C.CCC1=CN=CC1.CCCC.CCc1ccccc1.CCc1ccccc1.CN.CN.CN.CN.CN.N.N.N.N. The van der Waals surface area contributed by atoms with E-state index in [4.69, 9.17) is 43.2 Å². The van der Waals surface area contributed by atoms with Crippen LogP contribution in [0.1, 0.15) is 193 Å². The fraction of sp³-hybridized carbons (Fsp3) is 0.609. The molecule has 2 aliphatic rings. The van der Waals surface area contributed by atoms with E-state index >= 15 is 0 Å². The number of hydrogen-bond acceptors (Lipinski definition) is 20. The number of allylic oxidation sites excluding steroid dienone is 1. The monoisotopic (exact) mass is 1230 g/mol. The number of nitrogens with zero attached hydrogens (tertiary/aromatic N) is 2. The summed E-state index contributed by atoms with van der Waals surface area (Å²) in [5.74, 6) is 2.88. The summed E-state index contributed by atoms with van der Waals surface area (Å²) in [5, 5.41) is 0. The molecule has 0 bridgehead atoms. The molecule has 21 heteroatoms. The molecule has 2 heterocycles. The fourth-order valence-corrected chi connectivity index (χ4v) is 3.25. The summed E-state index contributed by atoms with van der Waals surface area (Å²) < 4.78 is 0. The van der Waals surface area contributed by atoms with Gasteiger partial charge in [-0.15, -0.1) is 0 Å². The maximum atomic E-state index is 10.7. The van der Waals surface area contributed by atoms with Crippen molar-refractivity contribution in [3.05, 3.63) is 83.6 Å². The minimum atomic E-state index is 0. The third-order valence-electron chi connectivity index (χ3n) is 8.42. The van der Waals surface area contributed by atoms with Gasteiger partial charge in [-0.1, -0.05) is 204 Å². The molecule has 1 saturated heterocycles. The zero-order valence-electron chi connectivity index (χ0n) is 59.6. The maximum Gasteiger partial charge on any atom is 0.219 e. The van der Waals surface area contributed by atoms with Crippen LogP contribution in [0.25, 0.3) is 0 Å². The van der Waals surface area contributed by atoms with Crippen molar-refractivity contribution in [3.63, 3.8) is 0 Å². The highest BCUT2D eigenvalue weighted by Gasteiger charge is 2.11. The van der Waals surface area contributed by atoms with E-state index in [1.165, 1.54) is 103 Å². The Hall–Kier alpha value is -6.01. The average Bonchev–Trinajstić information content (AvgIpc) is 4.14. The Labute approximate surface area is 526 Å². The number of aliphatic imine (C=N–C) groups is 1. The molecule has 0 unspecified atom stereocenters. The van der Waals surface area contributed by atoms with Crippen LogP contribution in [-0.2, 0) is 60.8 Å². The minimum absolute atomic E-state index is 0. The van der Waals surface area contributed by atoms with Crippen LogP contribution in [0.3, 0.4) is 0 Å². The van der Waals surface area contributed by atoms with Crippen LogP contribution in [0.5, 0.6) is 0 Å². The first-order chi connectivity index (χ1) is 39.3. The zero-order valence-corrected chi connectivity index (χ0v) is 59.6. The maximum absolute atomic E-state index is 10.7. The molecule has 0 aromatic heterocycles. The molecule has 0 spiro atoms. The molecule has 1 amide bonds. The standard InChI is InChI=1S/2C8H10.C7H13NO.C6H9N.3C5H12.C4H10.C2H6.5CH5N.9CH2O.4H3N/c2*1-2-8-6-4-3-5-7-8;1-7(9)8-5-3-2-4-6-8;1-2-6-3-4-7-5-6;3*1-4-5(2)3;1-3-4-2;15*1-2;;;;/h2*3-7H,2H2,1H3;2-6H2,1H3;4-5H,2-3H2,1H3;3*5H,4H2,1-3H3;3-4H2,1-2H3;1-2H3;5*2H2,1H3;9*1H2;4*1H3. The van der Waals surface area contributed by atoms with Gasteiger partial charge in [0, 0.05) is 38.8 Å². The third-order valence-corrected chi connectivity index (χ3v) is 8.42. The number of benzene rings is 2. The molecule has 0 saturated carbocycles. The van der Waals surface area contributed by atoms with E-state index < -0.39 is 0 Å². The molecular formula is C64H149N11O10. The van der Waals surface area contributed by atoms with Crippen molar-refractivity contribution in [1.82, 2.24) is 29.5 Å². The van der Waals surface area contributed by atoms with Gasteiger partial charge in [-0.3, -0.25) is 9.79 Å². The van der Waals surface area contributed by atoms with Crippen LogP contribution in [0.2, 0.25) is 0 Å². The van der Waals surface area contributed by atoms with Gasteiger partial charge >= 0.3 is 0 Å². The van der Waals surface area contributed by atoms with Crippen LogP contribution in [0, 0.1) is 17.8 Å². The molecule has 0 radical (unpaired) electrons. The average molecular weight is 1230 g/mol. The second kappa shape index (κ2) is 228. The van der Waals surface area contributed by atoms with Crippen molar-refractivity contribution in [2.45, 2.75) is 195 Å². The summed E-state index contributed by atoms with van der Waals surface area (Å²) in [4.78, 5) is 88.6. The Morgan fingerprint density at radius 2 is 0.635 bits per heavy atom. The van der Waals surface area contributed by atoms with Crippen molar-refractivity contribution in [3.8, 4) is 0 Å². The van der Waals surface area contributed by atoms with Crippen LogP contribution < -0.4 is 53.3 Å². The summed E-state index contributed by atoms with van der Waals surface area (Å²) >= 11 is 0. The highest BCUT2D eigenvalue weighted by Crippen LogP contribution is 2.09. The van der Waals surface area contributed by atoms with Gasteiger partial charge in [-0.05, 0) is 108 Å². The number of rotatable bonds is 7. The topological polar surface area (TPSA) is 456 Å². The summed E-state index contributed by atoms with van der Waals surface area (Å²) in [6, 6.07) is 20.9. The highest BCUT2D eigenvalue weighted by atomic mass is 16.2. The van der Waals surface area contributed by atoms with Crippen molar-refractivity contribution < 1.29 is 47.9 Å². The van der Waals surface area contributed by atoms with Crippen molar-refractivity contribution >= 4 is 73.2 Å². The number of carbonyl (C=O) groups excluding carboxylic acids is 10. The van der Waals surface area contributed by atoms with E-state index in [-0.39, 0.29) is 30.5 Å². The number of unbranched alkanes of at least 4 members (excludes halogenated alkanes) is 1. The minimum Gasteiger partial charge on any atom is -0.344 e. The molecule has 22 N–H and O–H groups in total. The Morgan fingerprint density at radius 1 is 0.424 bits per heavy atom. The second-order valence-corrected chi connectivity index (χ2v) is 14.3. The lowest BCUT2D eigenvalue weighted by atomic mass is 10.1. The molecule has 1 fully saturated rings. The van der Waals surface area contributed by atoms with Gasteiger partial charge in [0.2, 0.25) is 5.91 Å². The normalized spacial score (nSPS) is 8.16. The van der Waals surface area contributed by atoms with Crippen molar-refractivity contribution in [2.75, 3.05) is 48.3 Å². The number of amides is 1. The summed E-state index contributed by atoms with van der Waals surface area (Å²) in [5.41, 5.74) is 26.8. The lowest BCUT2D eigenvalue weighted by Crippen LogP contribution is -2.33. The molecule has 2 aromatic rings. The molecule has 4 rings (SSSR count). The lowest BCUT2D eigenvalue weighted by Gasteiger charge is -2.24. The summed E-state index contributed by atoms with van der Waals surface area (Å²) in [6.45, 7) is 56.4. The van der Waals surface area contributed by atoms with E-state index in [0.717, 1.165) is 56.5 Å². The van der Waals surface area contributed by atoms with Crippen LogP contribution >= 0.6 is 0 Å². The first-order valence-corrected chi connectivity index (χ1v) is 27.3. The predicted octanol–water partition coefficient (Wildman–Crippen LogP) is 13.1. The molecule has 85 heavy (non-hydrogen) atoms.